The number of nitrogens with zero attached hydrogens (tertiary/aromatic N) is 1. The van der Waals surface area contributed by atoms with Gasteiger partial charge in [0.2, 0.25) is 0 Å². The van der Waals surface area contributed by atoms with Gasteiger partial charge in [-0.2, -0.15) is 0 Å². The summed E-state index contributed by atoms with van der Waals surface area (Å²) in [4.78, 5) is 25.2. The number of hydrogen-bond donors (Lipinski definition) is 3. The van der Waals surface area contributed by atoms with Gasteiger partial charge in [-0.3, -0.25) is 9.59 Å². The van der Waals surface area contributed by atoms with Crippen LogP contribution in [0.2, 0.25) is 0 Å². The molecule has 6 heteroatoms. The van der Waals surface area contributed by atoms with Crippen LogP contribution < -0.4 is 10.6 Å². The van der Waals surface area contributed by atoms with E-state index in [0.29, 0.717) is 13.0 Å². The number of hydrogen-bond acceptors (Lipinski definition) is 4. The van der Waals surface area contributed by atoms with Crippen LogP contribution in [0.4, 0.5) is 0 Å². The Morgan fingerprint density at radius 1 is 1.16 bits per heavy atom. The smallest absolute Gasteiger partial charge is 0.309 e. The molecule has 1 unspecified atom stereocenters. The Balaban J connectivity index is 3.82. The van der Waals surface area contributed by atoms with Gasteiger partial charge in [-0.05, 0) is 32.5 Å². The molecule has 2 amide bonds. The molecule has 1 atom stereocenters. The Kier molecular flexibility index (Phi) is 10.1. The first kappa shape index (κ1) is 17.9. The lowest BCUT2D eigenvalue weighted by Crippen LogP contribution is -2.46. The van der Waals surface area contributed by atoms with E-state index in [1.54, 1.807) is 0 Å². The van der Waals surface area contributed by atoms with Crippen molar-refractivity contribution in [2.75, 3.05) is 32.8 Å². The van der Waals surface area contributed by atoms with Crippen LogP contribution in [0, 0.1) is 0 Å². The quantitative estimate of drug-likeness (QED) is 0.399. The highest BCUT2D eigenvalue weighted by molar-refractivity contribution is 6.35. The van der Waals surface area contributed by atoms with Gasteiger partial charge in [0.25, 0.3) is 0 Å². The highest BCUT2D eigenvalue weighted by Gasteiger charge is 2.16. The molecule has 0 aromatic rings. The van der Waals surface area contributed by atoms with Crippen LogP contribution in [-0.4, -0.2) is 60.6 Å². The van der Waals surface area contributed by atoms with Crippen molar-refractivity contribution in [3.63, 3.8) is 0 Å². The van der Waals surface area contributed by atoms with E-state index in [4.69, 9.17) is 5.11 Å². The summed E-state index contributed by atoms with van der Waals surface area (Å²) in [6.07, 6.45) is 1.41. The van der Waals surface area contributed by atoms with Gasteiger partial charge in [0.1, 0.15) is 0 Å². The van der Waals surface area contributed by atoms with E-state index in [1.807, 2.05) is 6.92 Å². The van der Waals surface area contributed by atoms with Gasteiger partial charge in [-0.25, -0.2) is 0 Å². The summed E-state index contributed by atoms with van der Waals surface area (Å²) in [5.41, 5.74) is 0. The molecule has 0 bridgehead atoms. The first-order valence-corrected chi connectivity index (χ1v) is 7.00. The molecule has 0 rings (SSSR count). The number of rotatable bonds is 9. The second-order valence-electron chi connectivity index (χ2n) is 4.40. The number of carbonyl (C=O) groups is 2. The molecule has 112 valence electrons. The van der Waals surface area contributed by atoms with Gasteiger partial charge in [0, 0.05) is 6.54 Å². The lowest BCUT2D eigenvalue weighted by molar-refractivity contribution is -0.139. The zero-order valence-electron chi connectivity index (χ0n) is 12.2. The van der Waals surface area contributed by atoms with Crippen LogP contribution in [-0.2, 0) is 9.59 Å². The van der Waals surface area contributed by atoms with Crippen LogP contribution >= 0.6 is 0 Å². The van der Waals surface area contributed by atoms with Gasteiger partial charge in [0.15, 0.2) is 0 Å². The summed E-state index contributed by atoms with van der Waals surface area (Å²) >= 11 is 0. The molecule has 0 spiro atoms. The van der Waals surface area contributed by atoms with Gasteiger partial charge in [0.05, 0.1) is 12.6 Å². The van der Waals surface area contributed by atoms with Gasteiger partial charge < -0.3 is 20.6 Å². The van der Waals surface area contributed by atoms with E-state index in [-0.39, 0.29) is 12.6 Å². The van der Waals surface area contributed by atoms with Crippen molar-refractivity contribution in [3.05, 3.63) is 0 Å². The predicted molar refractivity (Wildman–Crippen MR) is 74.7 cm³/mol. The van der Waals surface area contributed by atoms with E-state index < -0.39 is 11.8 Å². The maximum atomic E-state index is 11.5. The lowest BCUT2D eigenvalue weighted by Gasteiger charge is -2.18. The summed E-state index contributed by atoms with van der Waals surface area (Å²) in [5, 5.41) is 14.0. The molecule has 0 aromatic carbocycles. The topological polar surface area (TPSA) is 81.7 Å². The average Bonchev–Trinajstić information content (AvgIpc) is 2.44. The van der Waals surface area contributed by atoms with Crippen molar-refractivity contribution in [2.24, 2.45) is 0 Å². The maximum Gasteiger partial charge on any atom is 0.309 e. The Morgan fingerprint density at radius 2 is 1.79 bits per heavy atom. The number of nitrogens with one attached hydrogen (secondary N) is 2. The second-order valence-corrected chi connectivity index (χ2v) is 4.40. The number of aliphatic hydroxyl groups excluding tert-OH is 1. The Bertz CT molecular complexity index is 264. The van der Waals surface area contributed by atoms with Crippen molar-refractivity contribution in [1.82, 2.24) is 15.5 Å². The molecule has 0 aromatic heterocycles. The number of amides is 2. The van der Waals surface area contributed by atoms with Crippen LogP contribution in [0.15, 0.2) is 0 Å². The fraction of sp³-hybridized carbons (Fsp3) is 0.846. The zero-order chi connectivity index (χ0) is 14.7. The summed E-state index contributed by atoms with van der Waals surface area (Å²) < 4.78 is 0. The molecular weight excluding hydrogens is 246 g/mol. The molecule has 0 aliphatic rings. The molecule has 0 aliphatic carbocycles. The normalized spacial score (nSPS) is 12.3. The fourth-order valence-corrected chi connectivity index (χ4v) is 1.65. The SMILES string of the molecule is CCC(CO)NC(=O)C(=O)NCCCN(CC)CC. The molecule has 0 aliphatic heterocycles. The lowest BCUT2D eigenvalue weighted by atomic mass is 10.2. The molecule has 0 saturated heterocycles. The van der Waals surface area contributed by atoms with Crippen LogP contribution in [0.5, 0.6) is 0 Å². The minimum absolute atomic E-state index is 0.155. The standard InChI is InChI=1S/C13H27N3O3/c1-4-11(10-17)15-13(19)12(18)14-8-7-9-16(5-2)6-3/h11,17H,4-10H2,1-3H3,(H,14,18)(H,15,19). The molecule has 0 saturated carbocycles. The predicted octanol–water partition coefficient (Wildman–Crippen LogP) is -0.278. The molecule has 0 fully saturated rings. The summed E-state index contributed by atoms with van der Waals surface area (Å²) in [5.74, 6) is -1.31. The highest BCUT2D eigenvalue weighted by atomic mass is 16.3. The second kappa shape index (κ2) is 10.8. The van der Waals surface area contributed by atoms with E-state index in [9.17, 15) is 9.59 Å². The maximum absolute atomic E-state index is 11.5. The fourth-order valence-electron chi connectivity index (χ4n) is 1.65. The molecule has 19 heavy (non-hydrogen) atoms. The van der Waals surface area contributed by atoms with Crippen molar-refractivity contribution in [3.8, 4) is 0 Å². The molecule has 6 nitrogen and oxygen atoms in total. The first-order chi connectivity index (χ1) is 9.08. The molecule has 3 N–H and O–H groups in total. The summed E-state index contributed by atoms with van der Waals surface area (Å²) in [7, 11) is 0. The first-order valence-electron chi connectivity index (χ1n) is 7.00. The van der Waals surface area contributed by atoms with Crippen LogP contribution in [0.25, 0.3) is 0 Å². The third-order valence-corrected chi connectivity index (χ3v) is 3.09. The van der Waals surface area contributed by atoms with Crippen LogP contribution in [0.1, 0.15) is 33.6 Å². The third-order valence-electron chi connectivity index (χ3n) is 3.09. The number of aliphatic hydroxyl groups is 1. The largest absolute Gasteiger partial charge is 0.394 e. The molecule has 0 radical (unpaired) electrons. The van der Waals surface area contributed by atoms with Crippen molar-refractivity contribution >= 4 is 11.8 Å². The molecule has 0 heterocycles. The van der Waals surface area contributed by atoms with Crippen molar-refractivity contribution < 1.29 is 14.7 Å². The van der Waals surface area contributed by atoms with E-state index >= 15 is 0 Å². The van der Waals surface area contributed by atoms with E-state index in [1.165, 1.54) is 0 Å². The Labute approximate surface area is 115 Å². The van der Waals surface area contributed by atoms with Crippen molar-refractivity contribution in [2.45, 2.75) is 39.7 Å². The minimum atomic E-state index is -0.677. The van der Waals surface area contributed by atoms with E-state index in [2.05, 4.69) is 29.4 Å². The Morgan fingerprint density at radius 3 is 2.26 bits per heavy atom. The summed E-state index contributed by atoms with van der Waals surface area (Å²) in [6.45, 7) is 9.23. The minimum Gasteiger partial charge on any atom is -0.394 e. The zero-order valence-corrected chi connectivity index (χ0v) is 12.2. The van der Waals surface area contributed by atoms with Gasteiger partial charge >= 0.3 is 11.8 Å². The molecular formula is C13H27N3O3. The van der Waals surface area contributed by atoms with E-state index in [0.717, 1.165) is 26.1 Å². The highest BCUT2D eigenvalue weighted by Crippen LogP contribution is 1.90. The monoisotopic (exact) mass is 273 g/mol. The average molecular weight is 273 g/mol. The van der Waals surface area contributed by atoms with Gasteiger partial charge in [-0.15, -0.1) is 0 Å². The third kappa shape index (κ3) is 7.79. The number of carbonyl (C=O) groups excluding carboxylic acids is 2. The van der Waals surface area contributed by atoms with Gasteiger partial charge in [-0.1, -0.05) is 20.8 Å². The Hall–Kier alpha value is -1.14. The van der Waals surface area contributed by atoms with Crippen LogP contribution in [0.3, 0.4) is 0 Å². The summed E-state index contributed by atoms with van der Waals surface area (Å²) in [6, 6.07) is -0.353. The van der Waals surface area contributed by atoms with Crippen molar-refractivity contribution in [1.29, 1.82) is 0 Å².